The number of nitrogens with zero attached hydrogens (tertiary/aromatic N) is 6. The van der Waals surface area contributed by atoms with E-state index in [1.54, 1.807) is 31.2 Å². The number of hydrogen-bond donors (Lipinski definition) is 2. The van der Waals surface area contributed by atoms with Crippen molar-refractivity contribution in [2.75, 3.05) is 16.8 Å². The largest absolute Gasteiger partial charge is 0.416 e. The van der Waals surface area contributed by atoms with Crippen LogP contribution >= 0.6 is 0 Å². The molecular weight excluding hydrogens is 463 g/mol. The van der Waals surface area contributed by atoms with Gasteiger partial charge in [0, 0.05) is 11.4 Å². The second kappa shape index (κ2) is 8.93. The van der Waals surface area contributed by atoms with Crippen molar-refractivity contribution in [1.82, 2.24) is 14.8 Å². The van der Waals surface area contributed by atoms with Crippen LogP contribution in [-0.2, 0) is 11.0 Å². The molecule has 1 atom stereocenters. The molecule has 0 unspecified atom stereocenters. The fourth-order valence-corrected chi connectivity index (χ4v) is 3.77. The van der Waals surface area contributed by atoms with Gasteiger partial charge in [-0.2, -0.15) is 28.7 Å². The molecule has 1 aliphatic heterocycles. The van der Waals surface area contributed by atoms with Gasteiger partial charge in [-0.3, -0.25) is 15.0 Å². The lowest BCUT2D eigenvalue weighted by Gasteiger charge is -2.34. The topological polar surface area (TPSA) is 131 Å². The van der Waals surface area contributed by atoms with Crippen molar-refractivity contribution in [3.05, 3.63) is 76.5 Å². The van der Waals surface area contributed by atoms with Crippen LogP contribution in [0.5, 0.6) is 0 Å². The lowest BCUT2D eigenvalue weighted by Crippen LogP contribution is -2.31. The van der Waals surface area contributed by atoms with E-state index in [1.165, 1.54) is 21.7 Å². The van der Waals surface area contributed by atoms with Crippen LogP contribution in [0, 0.1) is 22.7 Å². The number of nitrogens with one attached hydrogen (secondary N) is 1. The number of carbonyl (C=O) groups excluding carboxylic acids is 1. The number of rotatable bonds is 4. The number of aromatic nitrogens is 3. The van der Waals surface area contributed by atoms with Crippen molar-refractivity contribution >= 4 is 23.5 Å². The smallest absolute Gasteiger partial charge is 0.387 e. The van der Waals surface area contributed by atoms with Crippen molar-refractivity contribution in [2.45, 2.75) is 19.1 Å². The summed E-state index contributed by atoms with van der Waals surface area (Å²) in [7, 11) is 0. The van der Waals surface area contributed by atoms with Gasteiger partial charge in [-0.1, -0.05) is 18.2 Å². The van der Waals surface area contributed by atoms with Crippen LogP contribution in [0.15, 0.2) is 59.8 Å². The number of aliphatic hydroxyl groups excluding tert-OH is 1. The third-order valence-corrected chi connectivity index (χ3v) is 5.36. The Hall–Kier alpha value is -4.68. The molecule has 9 nitrogen and oxygen atoms in total. The average molecular weight is 479 g/mol. The highest BCUT2D eigenvalue weighted by Gasteiger charge is 2.37. The minimum atomic E-state index is -4.60. The molecule has 0 spiro atoms. The lowest BCUT2D eigenvalue weighted by molar-refractivity contribution is -0.137. The third-order valence-electron chi connectivity index (χ3n) is 5.36. The van der Waals surface area contributed by atoms with E-state index in [9.17, 15) is 23.2 Å². The van der Waals surface area contributed by atoms with Gasteiger partial charge in [-0.15, -0.1) is 5.10 Å². The van der Waals surface area contributed by atoms with Crippen LogP contribution in [0.25, 0.3) is 0 Å². The molecule has 1 amide bonds. The number of alkyl halides is 3. The van der Waals surface area contributed by atoms with Crippen molar-refractivity contribution in [2.24, 2.45) is 0 Å². The number of amides is 1. The highest BCUT2D eigenvalue weighted by molar-refractivity contribution is 5.90. The Balaban J connectivity index is 1.94. The summed E-state index contributed by atoms with van der Waals surface area (Å²) in [6.07, 6.45) is -4.60. The van der Waals surface area contributed by atoms with Gasteiger partial charge in [-0.25, -0.2) is 4.68 Å². The maximum Gasteiger partial charge on any atom is 0.416 e. The number of aliphatic hydroxyl groups is 1. The SMILES string of the molecule is CC1=C(C#N)[C@@H](c2ccc(C#N)cc2)n2nc(NC(=O)CO)nc2N1c1cccc(C(F)(F)F)c1. The molecule has 1 aliphatic rings. The minimum absolute atomic E-state index is 0.0448. The number of anilines is 3. The summed E-state index contributed by atoms with van der Waals surface area (Å²) in [5.74, 6) is -0.955. The van der Waals surface area contributed by atoms with Gasteiger partial charge >= 0.3 is 6.18 Å². The normalized spacial score (nSPS) is 15.3. The third kappa shape index (κ3) is 4.30. The molecule has 35 heavy (non-hydrogen) atoms. The molecule has 2 heterocycles. The van der Waals surface area contributed by atoms with Crippen molar-refractivity contribution < 1.29 is 23.1 Å². The van der Waals surface area contributed by atoms with Gasteiger partial charge in [0.15, 0.2) is 0 Å². The number of halogens is 3. The highest BCUT2D eigenvalue weighted by Crippen LogP contribution is 2.43. The monoisotopic (exact) mass is 479 g/mol. The molecule has 12 heteroatoms. The predicted molar refractivity (Wildman–Crippen MR) is 117 cm³/mol. The number of benzene rings is 2. The molecular formula is C23H16F3N7O2. The van der Waals surface area contributed by atoms with E-state index >= 15 is 0 Å². The van der Waals surface area contributed by atoms with E-state index in [1.807, 2.05) is 6.07 Å². The summed E-state index contributed by atoms with van der Waals surface area (Å²) in [4.78, 5) is 17.3. The molecule has 0 radical (unpaired) electrons. The molecule has 0 fully saturated rings. The van der Waals surface area contributed by atoms with Gasteiger partial charge in [0.1, 0.15) is 12.6 Å². The summed E-state index contributed by atoms with van der Waals surface area (Å²) in [5.41, 5.74) is 0.622. The fraction of sp³-hybridized carbons (Fsp3) is 0.174. The van der Waals surface area contributed by atoms with E-state index in [2.05, 4.69) is 21.5 Å². The number of hydrogen-bond acceptors (Lipinski definition) is 7. The lowest BCUT2D eigenvalue weighted by atomic mass is 9.95. The Morgan fingerprint density at radius 2 is 1.89 bits per heavy atom. The van der Waals surface area contributed by atoms with Crippen molar-refractivity contribution in [3.8, 4) is 12.1 Å². The van der Waals surface area contributed by atoms with E-state index < -0.39 is 30.3 Å². The first kappa shape index (κ1) is 23.5. The summed E-state index contributed by atoms with van der Waals surface area (Å²) in [5, 5.41) is 34.8. The Morgan fingerprint density at radius 3 is 2.49 bits per heavy atom. The average Bonchev–Trinajstić information content (AvgIpc) is 3.25. The van der Waals surface area contributed by atoms with E-state index in [0.29, 0.717) is 16.8 Å². The Bertz CT molecular complexity index is 1410. The number of allylic oxidation sites excluding steroid dienone is 2. The fourth-order valence-electron chi connectivity index (χ4n) is 3.77. The maximum atomic E-state index is 13.4. The molecule has 0 bridgehead atoms. The summed E-state index contributed by atoms with van der Waals surface area (Å²) < 4.78 is 41.5. The molecule has 0 aliphatic carbocycles. The van der Waals surface area contributed by atoms with E-state index in [4.69, 9.17) is 10.4 Å². The second-order valence-electron chi connectivity index (χ2n) is 7.52. The summed E-state index contributed by atoms with van der Waals surface area (Å²) in [6, 6.07) is 14.2. The van der Waals surface area contributed by atoms with Crippen LogP contribution < -0.4 is 10.2 Å². The molecule has 4 rings (SSSR count). The second-order valence-corrected chi connectivity index (χ2v) is 7.52. The van der Waals surface area contributed by atoms with Crippen LogP contribution in [0.4, 0.5) is 30.8 Å². The first-order chi connectivity index (χ1) is 16.7. The molecule has 0 saturated carbocycles. The molecule has 3 aromatic rings. The number of nitriles is 2. The predicted octanol–water partition coefficient (Wildman–Crippen LogP) is 3.64. The van der Waals surface area contributed by atoms with Gasteiger partial charge in [0.25, 0.3) is 11.9 Å². The van der Waals surface area contributed by atoms with Crippen LogP contribution in [0.2, 0.25) is 0 Å². The maximum absolute atomic E-state index is 13.4. The molecule has 1 aromatic heterocycles. The zero-order valence-electron chi connectivity index (χ0n) is 18.1. The Morgan fingerprint density at radius 1 is 1.17 bits per heavy atom. The highest BCUT2D eigenvalue weighted by atomic mass is 19.4. The van der Waals surface area contributed by atoms with Gasteiger partial charge in [-0.05, 0) is 42.8 Å². The standard InChI is InChI=1S/C23H16F3N7O2/c1-13-18(11-28)20(15-7-5-14(10-27)6-8-15)33-22(30-21(31-33)29-19(35)12-34)32(13)17-4-2-3-16(9-17)23(24,25)26/h2-9,20,34H,12H2,1H3,(H,29,31,35)/t20-/m1/s1. The van der Waals surface area contributed by atoms with Crippen molar-refractivity contribution in [1.29, 1.82) is 10.5 Å². The Kier molecular flexibility index (Phi) is 5.99. The van der Waals surface area contributed by atoms with Gasteiger partial charge in [0.2, 0.25) is 5.95 Å². The van der Waals surface area contributed by atoms with Crippen LogP contribution in [0.3, 0.4) is 0 Å². The van der Waals surface area contributed by atoms with Gasteiger partial charge in [0.05, 0.1) is 28.8 Å². The molecule has 0 saturated heterocycles. The zero-order valence-corrected chi connectivity index (χ0v) is 18.1. The summed E-state index contributed by atoms with van der Waals surface area (Å²) >= 11 is 0. The molecule has 2 N–H and O–H groups in total. The van der Waals surface area contributed by atoms with E-state index in [0.717, 1.165) is 12.1 Å². The zero-order chi connectivity index (χ0) is 25.3. The number of fused-ring (bicyclic) bond motifs is 1. The number of carbonyl (C=O) groups is 1. The first-order valence-corrected chi connectivity index (χ1v) is 10.1. The van der Waals surface area contributed by atoms with E-state index in [-0.39, 0.29) is 23.2 Å². The summed E-state index contributed by atoms with van der Waals surface area (Å²) in [6.45, 7) is 0.737. The van der Waals surface area contributed by atoms with Crippen LogP contribution in [-0.4, -0.2) is 32.4 Å². The molecule has 176 valence electrons. The Labute approximate surface area is 197 Å². The van der Waals surface area contributed by atoms with Crippen LogP contribution in [0.1, 0.15) is 29.7 Å². The first-order valence-electron chi connectivity index (χ1n) is 10.1. The quantitative estimate of drug-likeness (QED) is 0.584. The van der Waals surface area contributed by atoms with Gasteiger partial charge < -0.3 is 5.11 Å². The molecule has 2 aromatic carbocycles. The minimum Gasteiger partial charge on any atom is -0.387 e. The van der Waals surface area contributed by atoms with Crippen molar-refractivity contribution in [3.63, 3.8) is 0 Å².